The molecule has 0 aromatic heterocycles. The Bertz CT molecular complexity index is 422. The van der Waals surface area contributed by atoms with Crippen LogP contribution in [0.4, 0.5) is 5.69 Å². The van der Waals surface area contributed by atoms with Crippen LogP contribution in [-0.4, -0.2) is 46.6 Å². The minimum atomic E-state index is -0.403. The predicted octanol–water partition coefficient (Wildman–Crippen LogP) is 1.49. The number of carbonyl (C=O) groups excluding carboxylic acids is 1. The van der Waals surface area contributed by atoms with E-state index in [2.05, 4.69) is 0 Å². The van der Waals surface area contributed by atoms with Crippen LogP contribution in [0.15, 0.2) is 18.2 Å². The van der Waals surface area contributed by atoms with E-state index in [1.807, 2.05) is 0 Å². The first kappa shape index (κ1) is 16.3. The third kappa shape index (κ3) is 5.46. The van der Waals surface area contributed by atoms with Crippen LogP contribution >= 0.6 is 0 Å². The van der Waals surface area contributed by atoms with E-state index in [9.17, 15) is 4.79 Å². The zero-order chi connectivity index (χ0) is 14.8. The largest absolute Gasteiger partial charge is 0.495 e. The number of rotatable bonds is 9. The van der Waals surface area contributed by atoms with Crippen molar-refractivity contribution < 1.29 is 23.7 Å². The maximum absolute atomic E-state index is 11.8. The molecule has 0 spiro atoms. The van der Waals surface area contributed by atoms with Gasteiger partial charge in [0.15, 0.2) is 0 Å². The summed E-state index contributed by atoms with van der Waals surface area (Å²) in [6.07, 6.45) is 0.640. The lowest BCUT2D eigenvalue weighted by Crippen LogP contribution is -2.10. The number of hydrogen-bond acceptors (Lipinski definition) is 6. The molecule has 1 rings (SSSR count). The molecule has 0 saturated heterocycles. The molecule has 1 aromatic rings. The van der Waals surface area contributed by atoms with E-state index in [0.29, 0.717) is 49.8 Å². The van der Waals surface area contributed by atoms with Gasteiger partial charge in [-0.2, -0.15) is 0 Å². The van der Waals surface area contributed by atoms with Crippen LogP contribution in [0.5, 0.6) is 5.75 Å². The first-order valence-electron chi connectivity index (χ1n) is 6.36. The van der Waals surface area contributed by atoms with Crippen molar-refractivity contribution in [3.63, 3.8) is 0 Å². The number of hydrogen-bond donors (Lipinski definition) is 1. The van der Waals surface area contributed by atoms with Crippen LogP contribution in [0.1, 0.15) is 16.8 Å². The van der Waals surface area contributed by atoms with Crippen LogP contribution < -0.4 is 10.5 Å². The van der Waals surface area contributed by atoms with Gasteiger partial charge in [-0.25, -0.2) is 4.79 Å². The highest BCUT2D eigenvalue weighted by atomic mass is 16.5. The molecule has 0 unspecified atom stereocenters. The SMILES string of the molecule is COCCOCCCOC(=O)c1ccc(N)c(OC)c1. The van der Waals surface area contributed by atoms with Crippen molar-refractivity contribution in [1.29, 1.82) is 0 Å². The number of nitrogen functional groups attached to an aromatic ring is 1. The lowest BCUT2D eigenvalue weighted by atomic mass is 10.2. The van der Waals surface area contributed by atoms with Crippen molar-refractivity contribution in [2.45, 2.75) is 6.42 Å². The highest BCUT2D eigenvalue weighted by Crippen LogP contribution is 2.22. The van der Waals surface area contributed by atoms with E-state index in [-0.39, 0.29) is 0 Å². The van der Waals surface area contributed by atoms with Crippen molar-refractivity contribution in [3.8, 4) is 5.75 Å². The average molecular weight is 283 g/mol. The van der Waals surface area contributed by atoms with Gasteiger partial charge in [-0.15, -0.1) is 0 Å². The molecule has 0 radical (unpaired) electrons. The highest BCUT2D eigenvalue weighted by Gasteiger charge is 2.09. The Kier molecular flexibility index (Phi) is 7.46. The molecule has 2 N–H and O–H groups in total. The Morgan fingerprint density at radius 3 is 2.65 bits per heavy atom. The molecule has 0 atom stereocenters. The highest BCUT2D eigenvalue weighted by molar-refractivity contribution is 5.90. The first-order valence-corrected chi connectivity index (χ1v) is 6.36. The molecule has 1 aromatic carbocycles. The maximum Gasteiger partial charge on any atom is 0.338 e. The number of methoxy groups -OCH3 is 2. The van der Waals surface area contributed by atoms with Gasteiger partial charge in [0, 0.05) is 20.1 Å². The fourth-order valence-electron chi connectivity index (χ4n) is 1.49. The van der Waals surface area contributed by atoms with Crippen molar-refractivity contribution in [1.82, 2.24) is 0 Å². The lowest BCUT2D eigenvalue weighted by molar-refractivity contribution is 0.0385. The van der Waals surface area contributed by atoms with Crippen LogP contribution in [-0.2, 0) is 14.2 Å². The monoisotopic (exact) mass is 283 g/mol. The fourth-order valence-corrected chi connectivity index (χ4v) is 1.49. The number of nitrogens with two attached hydrogens (primary N) is 1. The summed E-state index contributed by atoms with van der Waals surface area (Å²) in [6, 6.07) is 4.78. The molecule has 0 heterocycles. The van der Waals surface area contributed by atoms with Crippen LogP contribution in [0.3, 0.4) is 0 Å². The molecule has 0 saturated carbocycles. The van der Waals surface area contributed by atoms with Gasteiger partial charge in [-0.3, -0.25) is 0 Å². The van der Waals surface area contributed by atoms with Crippen molar-refractivity contribution in [2.75, 3.05) is 46.4 Å². The van der Waals surface area contributed by atoms with Crippen molar-refractivity contribution in [2.24, 2.45) is 0 Å². The van der Waals surface area contributed by atoms with Crippen LogP contribution in [0.2, 0.25) is 0 Å². The molecule has 112 valence electrons. The molecular formula is C14H21NO5. The summed E-state index contributed by atoms with van der Waals surface area (Å²) >= 11 is 0. The summed E-state index contributed by atoms with van der Waals surface area (Å²) in [6.45, 7) is 1.94. The van der Waals surface area contributed by atoms with E-state index in [1.54, 1.807) is 25.3 Å². The summed E-state index contributed by atoms with van der Waals surface area (Å²) in [4.78, 5) is 11.8. The maximum atomic E-state index is 11.8. The molecule has 0 fully saturated rings. The van der Waals surface area contributed by atoms with Gasteiger partial charge in [0.2, 0.25) is 0 Å². The van der Waals surface area contributed by atoms with Crippen LogP contribution in [0.25, 0.3) is 0 Å². The molecular weight excluding hydrogens is 262 g/mol. The van der Waals surface area contributed by atoms with E-state index in [1.165, 1.54) is 7.11 Å². The van der Waals surface area contributed by atoms with Gasteiger partial charge in [0.25, 0.3) is 0 Å². The molecule has 6 nitrogen and oxygen atoms in total. The average Bonchev–Trinajstić information content (AvgIpc) is 2.46. The van der Waals surface area contributed by atoms with Crippen LogP contribution in [0, 0.1) is 0 Å². The number of ether oxygens (including phenoxy) is 4. The van der Waals surface area contributed by atoms with E-state index >= 15 is 0 Å². The third-order valence-electron chi connectivity index (χ3n) is 2.57. The number of carbonyl (C=O) groups is 1. The van der Waals surface area contributed by atoms with E-state index in [4.69, 9.17) is 24.7 Å². The molecule has 0 bridgehead atoms. The van der Waals surface area contributed by atoms with E-state index < -0.39 is 5.97 Å². The minimum Gasteiger partial charge on any atom is -0.495 e. The fraction of sp³-hybridized carbons (Fsp3) is 0.500. The molecule has 6 heteroatoms. The summed E-state index contributed by atoms with van der Waals surface area (Å²) < 4.78 is 20.3. The summed E-state index contributed by atoms with van der Waals surface area (Å²) in [7, 11) is 3.12. The Hall–Kier alpha value is -1.79. The zero-order valence-corrected chi connectivity index (χ0v) is 11.9. The Morgan fingerprint density at radius 1 is 1.15 bits per heavy atom. The Morgan fingerprint density at radius 2 is 1.95 bits per heavy atom. The molecule has 0 amide bonds. The zero-order valence-electron chi connectivity index (χ0n) is 11.9. The first-order chi connectivity index (χ1) is 9.69. The van der Waals surface area contributed by atoms with Crippen molar-refractivity contribution in [3.05, 3.63) is 23.8 Å². The second-order valence-corrected chi connectivity index (χ2v) is 4.05. The normalized spacial score (nSPS) is 10.3. The van der Waals surface area contributed by atoms with Gasteiger partial charge < -0.3 is 24.7 Å². The smallest absolute Gasteiger partial charge is 0.338 e. The van der Waals surface area contributed by atoms with Gasteiger partial charge in [0.1, 0.15) is 5.75 Å². The van der Waals surface area contributed by atoms with Gasteiger partial charge in [-0.1, -0.05) is 0 Å². The summed E-state index contributed by atoms with van der Waals surface area (Å²) in [5.74, 6) is 0.0579. The standard InChI is InChI=1S/C14H21NO5/c1-17-8-9-19-6-3-7-20-14(16)11-4-5-12(15)13(10-11)18-2/h4-5,10H,3,6-9,15H2,1-2H3. The van der Waals surface area contributed by atoms with Crippen molar-refractivity contribution >= 4 is 11.7 Å². The van der Waals surface area contributed by atoms with Gasteiger partial charge in [0.05, 0.1) is 38.2 Å². The Balaban J connectivity index is 2.29. The van der Waals surface area contributed by atoms with E-state index in [0.717, 1.165) is 0 Å². The number of esters is 1. The molecule has 0 aliphatic rings. The quantitative estimate of drug-likeness (QED) is 0.420. The third-order valence-corrected chi connectivity index (χ3v) is 2.57. The lowest BCUT2D eigenvalue weighted by Gasteiger charge is -2.08. The number of benzene rings is 1. The summed E-state index contributed by atoms with van der Waals surface area (Å²) in [5, 5.41) is 0. The number of anilines is 1. The predicted molar refractivity (Wildman–Crippen MR) is 75.0 cm³/mol. The molecule has 0 aliphatic carbocycles. The van der Waals surface area contributed by atoms with Gasteiger partial charge in [-0.05, 0) is 18.2 Å². The summed E-state index contributed by atoms with van der Waals surface area (Å²) in [5.41, 5.74) is 6.57. The second-order valence-electron chi connectivity index (χ2n) is 4.05. The van der Waals surface area contributed by atoms with Gasteiger partial charge >= 0.3 is 5.97 Å². The minimum absolute atomic E-state index is 0.304. The second kappa shape index (κ2) is 9.17. The topological polar surface area (TPSA) is 80.0 Å². The molecule has 20 heavy (non-hydrogen) atoms. The Labute approximate surface area is 118 Å². The molecule has 0 aliphatic heterocycles.